The molecule has 0 aromatic carbocycles. The van der Waals surface area contributed by atoms with Crippen LogP contribution in [0.4, 0.5) is 17.3 Å². The van der Waals surface area contributed by atoms with Crippen LogP contribution in [0, 0.1) is 0 Å². The number of hydrogen-bond acceptors (Lipinski definition) is 2. The molecule has 0 amide bonds. The first kappa shape index (κ1) is 33.5. The molecule has 0 bridgehead atoms. The molecule has 0 atom stereocenters. The summed E-state index contributed by atoms with van der Waals surface area (Å²) < 4.78 is 51.3. The largest absolute Gasteiger partial charge is 1.00 e. The van der Waals surface area contributed by atoms with E-state index >= 15 is 0 Å². The Morgan fingerprint density at radius 2 is 0.846 bits per heavy atom. The van der Waals surface area contributed by atoms with Crippen molar-refractivity contribution in [3.05, 3.63) is 0 Å². The third kappa shape index (κ3) is 26.1. The second-order valence-electron chi connectivity index (χ2n) is 6.43. The first-order valence-electron chi connectivity index (χ1n) is 8.89. The zero-order valence-corrected chi connectivity index (χ0v) is 18.6. The average molecular weight is 415 g/mol. The highest BCUT2D eigenvalue weighted by Gasteiger charge is 2.20. The summed E-state index contributed by atoms with van der Waals surface area (Å²) in [4.78, 5) is 0. The minimum atomic E-state index is -6.00. The molecule has 0 aliphatic rings. The maximum Gasteiger partial charge on any atom is 0.673 e. The lowest BCUT2D eigenvalue weighted by Gasteiger charge is -2.31. The van der Waals surface area contributed by atoms with Crippen LogP contribution in [0.5, 0.6) is 0 Å². The van der Waals surface area contributed by atoms with Crippen molar-refractivity contribution in [3.8, 4) is 0 Å². The Bertz CT molecular complexity index is 266. The van der Waals surface area contributed by atoms with Gasteiger partial charge in [0.1, 0.15) is 13.1 Å². The molecule has 26 heavy (non-hydrogen) atoms. The van der Waals surface area contributed by atoms with E-state index in [-0.39, 0.29) is 12.4 Å². The second kappa shape index (κ2) is 18.3. The van der Waals surface area contributed by atoms with Crippen LogP contribution in [0.25, 0.3) is 0 Å². The Kier molecular flexibility index (Phi) is 23.6. The lowest BCUT2D eigenvalue weighted by molar-refractivity contribution is -0.906. The third-order valence-electron chi connectivity index (χ3n) is 4.72. The van der Waals surface area contributed by atoms with Crippen LogP contribution in [0.2, 0.25) is 0 Å². The Labute approximate surface area is 164 Å². The molecule has 0 aromatic heterocycles. The quantitative estimate of drug-likeness (QED) is 0.295. The SMILES string of the molecule is CC[N+](C)(CC)CCOC.CC[N+](C)(CC)CCOC.F[B-](F)(F)F.[Cl-]. The number of methoxy groups -OCH3 is 2. The van der Waals surface area contributed by atoms with Gasteiger partial charge in [-0.1, -0.05) is 0 Å². The van der Waals surface area contributed by atoms with E-state index in [1.165, 1.54) is 26.2 Å². The Balaban J connectivity index is -0.000000145. The second-order valence-corrected chi connectivity index (χ2v) is 6.43. The van der Waals surface area contributed by atoms with E-state index in [9.17, 15) is 17.3 Å². The molecule has 0 saturated carbocycles. The van der Waals surface area contributed by atoms with Gasteiger partial charge in [-0.05, 0) is 27.7 Å². The average Bonchev–Trinajstić information content (AvgIpc) is 2.56. The first-order valence-corrected chi connectivity index (χ1v) is 8.89. The highest BCUT2D eigenvalue weighted by molar-refractivity contribution is 6.50. The Morgan fingerprint density at radius 3 is 0.962 bits per heavy atom. The van der Waals surface area contributed by atoms with Gasteiger partial charge in [-0.2, -0.15) is 0 Å². The van der Waals surface area contributed by atoms with Gasteiger partial charge in [0, 0.05) is 14.2 Å². The highest BCUT2D eigenvalue weighted by atomic mass is 35.5. The van der Waals surface area contributed by atoms with Crippen molar-refractivity contribution in [2.75, 3.05) is 80.8 Å². The summed E-state index contributed by atoms with van der Waals surface area (Å²) >= 11 is 0. The molecule has 0 unspecified atom stereocenters. The number of likely N-dealkylation sites (N-methyl/N-ethyl adjacent to an activating group) is 2. The van der Waals surface area contributed by atoms with Gasteiger partial charge in [-0.25, -0.2) is 0 Å². The number of nitrogens with zero attached hydrogens (tertiary/aromatic N) is 2. The summed E-state index contributed by atoms with van der Waals surface area (Å²) in [6.07, 6.45) is 0. The van der Waals surface area contributed by atoms with Crippen LogP contribution in [0.3, 0.4) is 0 Å². The molecule has 164 valence electrons. The molecule has 0 heterocycles. The normalized spacial score (nSPS) is 11.5. The van der Waals surface area contributed by atoms with Crippen molar-refractivity contribution in [1.82, 2.24) is 0 Å². The van der Waals surface area contributed by atoms with Crippen molar-refractivity contribution in [2.45, 2.75) is 27.7 Å². The fraction of sp³-hybridized carbons (Fsp3) is 1.00. The number of halogens is 5. The summed E-state index contributed by atoms with van der Waals surface area (Å²) in [5, 5.41) is 0. The summed E-state index contributed by atoms with van der Waals surface area (Å²) in [6, 6.07) is 0. The van der Waals surface area contributed by atoms with E-state index in [0.29, 0.717) is 0 Å². The maximum absolute atomic E-state index is 9.75. The molecular weight excluding hydrogens is 374 g/mol. The summed E-state index contributed by atoms with van der Waals surface area (Å²) in [5.41, 5.74) is 0. The Hall–Kier alpha value is -0.0851. The van der Waals surface area contributed by atoms with Gasteiger partial charge in [0.15, 0.2) is 0 Å². The van der Waals surface area contributed by atoms with Gasteiger partial charge in [-0.15, -0.1) is 0 Å². The number of quaternary nitrogens is 2. The Morgan fingerprint density at radius 1 is 0.654 bits per heavy atom. The number of ether oxygens (including phenoxy) is 2. The van der Waals surface area contributed by atoms with E-state index in [2.05, 4.69) is 41.8 Å². The molecule has 0 spiro atoms. The maximum atomic E-state index is 9.75. The molecular formula is C16H40BClF4N2O2. The van der Waals surface area contributed by atoms with Gasteiger partial charge in [0.25, 0.3) is 0 Å². The highest BCUT2D eigenvalue weighted by Crippen LogP contribution is 2.06. The molecule has 0 fully saturated rings. The number of hydrogen-bond donors (Lipinski definition) is 0. The molecule has 0 aliphatic carbocycles. The van der Waals surface area contributed by atoms with Crippen LogP contribution in [-0.2, 0) is 9.47 Å². The van der Waals surface area contributed by atoms with E-state index in [1.54, 1.807) is 14.2 Å². The third-order valence-corrected chi connectivity index (χ3v) is 4.72. The van der Waals surface area contributed by atoms with Crippen LogP contribution >= 0.6 is 0 Å². The predicted molar refractivity (Wildman–Crippen MR) is 98.2 cm³/mol. The van der Waals surface area contributed by atoms with Crippen molar-refractivity contribution < 1.29 is 48.1 Å². The van der Waals surface area contributed by atoms with Crippen molar-refractivity contribution >= 4 is 7.25 Å². The van der Waals surface area contributed by atoms with Crippen molar-refractivity contribution in [3.63, 3.8) is 0 Å². The van der Waals surface area contributed by atoms with Gasteiger partial charge in [0.05, 0.1) is 53.5 Å². The topological polar surface area (TPSA) is 18.5 Å². The molecule has 10 heteroatoms. The molecule has 0 radical (unpaired) electrons. The van der Waals surface area contributed by atoms with E-state index in [4.69, 9.17) is 9.47 Å². The minimum Gasteiger partial charge on any atom is -1.00 e. The molecule has 0 rings (SSSR count). The monoisotopic (exact) mass is 414 g/mol. The summed E-state index contributed by atoms with van der Waals surface area (Å²) in [7, 11) is 2.04. The van der Waals surface area contributed by atoms with Crippen LogP contribution in [0.1, 0.15) is 27.7 Å². The molecule has 0 aliphatic heterocycles. The lowest BCUT2D eigenvalue weighted by atomic mass is 10.3. The molecule has 0 saturated heterocycles. The lowest BCUT2D eigenvalue weighted by Crippen LogP contribution is -3.00. The fourth-order valence-corrected chi connectivity index (χ4v) is 1.70. The summed E-state index contributed by atoms with van der Waals surface area (Å²) in [5.74, 6) is 0. The van der Waals surface area contributed by atoms with Crippen LogP contribution in [-0.4, -0.2) is 97.0 Å². The number of rotatable bonds is 10. The standard InChI is InChI=1S/2C8H20NO.BF4.ClH/c2*1-5-9(3,6-2)7-8-10-4;2-1(3,4)5;/h2*5-8H2,1-4H3;;1H/q2*+1;-1;/p-1. The fourth-order valence-electron chi connectivity index (χ4n) is 1.70. The van der Waals surface area contributed by atoms with Gasteiger partial charge >= 0.3 is 7.25 Å². The van der Waals surface area contributed by atoms with Crippen LogP contribution in [0.15, 0.2) is 0 Å². The van der Waals surface area contributed by atoms with Crippen LogP contribution < -0.4 is 12.4 Å². The van der Waals surface area contributed by atoms with Gasteiger partial charge in [0.2, 0.25) is 0 Å². The zero-order chi connectivity index (χ0) is 20.6. The smallest absolute Gasteiger partial charge is 0.673 e. The zero-order valence-electron chi connectivity index (χ0n) is 17.8. The van der Waals surface area contributed by atoms with Crippen molar-refractivity contribution in [1.29, 1.82) is 0 Å². The minimum absolute atomic E-state index is 0. The van der Waals surface area contributed by atoms with Crippen molar-refractivity contribution in [2.24, 2.45) is 0 Å². The first-order chi connectivity index (χ1) is 11.4. The van der Waals surface area contributed by atoms with Gasteiger partial charge in [-0.3, -0.25) is 0 Å². The predicted octanol–water partition coefficient (Wildman–Crippen LogP) is 0.542. The molecule has 4 nitrogen and oxygen atoms in total. The van der Waals surface area contributed by atoms with E-state index in [0.717, 1.165) is 35.3 Å². The molecule has 0 aromatic rings. The summed E-state index contributed by atoms with van der Waals surface area (Å²) in [6.45, 7) is 17.7. The van der Waals surface area contributed by atoms with E-state index in [1.807, 2.05) is 0 Å². The van der Waals surface area contributed by atoms with Gasteiger partial charge < -0.3 is 48.1 Å². The molecule has 0 N–H and O–H groups in total. The van der Waals surface area contributed by atoms with E-state index < -0.39 is 7.25 Å².